The molecular weight excluding hydrogens is 261 g/mol. The van der Waals surface area contributed by atoms with Gasteiger partial charge in [0.25, 0.3) is 5.91 Å². The van der Waals surface area contributed by atoms with Gasteiger partial charge in [-0.25, -0.2) is 4.39 Å². The van der Waals surface area contributed by atoms with Gasteiger partial charge >= 0.3 is 0 Å². The molecule has 0 heterocycles. The van der Waals surface area contributed by atoms with E-state index in [1.807, 2.05) is 0 Å². The summed E-state index contributed by atoms with van der Waals surface area (Å²) in [6.07, 6.45) is 3.04. The summed E-state index contributed by atoms with van der Waals surface area (Å²) in [5.41, 5.74) is -0.0615. The largest absolute Gasteiger partial charge is 0.496 e. The van der Waals surface area contributed by atoms with Crippen molar-refractivity contribution in [3.05, 3.63) is 29.6 Å². The van der Waals surface area contributed by atoms with Gasteiger partial charge in [0.15, 0.2) is 0 Å². The summed E-state index contributed by atoms with van der Waals surface area (Å²) in [6, 6.07) is 4.30. The minimum absolute atomic E-state index is 0.0615. The second-order valence-corrected chi connectivity index (χ2v) is 5.16. The number of rotatable bonds is 5. The van der Waals surface area contributed by atoms with Crippen LogP contribution in [0, 0.1) is 17.7 Å². The summed E-state index contributed by atoms with van der Waals surface area (Å²) in [5, 5.41) is 12.0. The molecule has 1 aliphatic rings. The van der Waals surface area contributed by atoms with Gasteiger partial charge in [0.1, 0.15) is 17.1 Å². The van der Waals surface area contributed by atoms with Gasteiger partial charge in [-0.05, 0) is 36.8 Å². The molecule has 0 spiro atoms. The quantitative estimate of drug-likeness (QED) is 0.867. The van der Waals surface area contributed by atoms with Gasteiger partial charge < -0.3 is 15.2 Å². The van der Waals surface area contributed by atoms with E-state index in [0.717, 1.165) is 19.3 Å². The third-order valence-corrected chi connectivity index (χ3v) is 4.00. The number of hydrogen-bond acceptors (Lipinski definition) is 3. The molecule has 2 N–H and O–H groups in total. The van der Waals surface area contributed by atoms with Gasteiger partial charge in [-0.2, -0.15) is 0 Å². The number of benzene rings is 1. The molecule has 5 heteroatoms. The lowest BCUT2D eigenvalue weighted by Gasteiger charge is -2.18. The van der Waals surface area contributed by atoms with E-state index in [-0.39, 0.29) is 29.8 Å². The zero-order chi connectivity index (χ0) is 14.5. The van der Waals surface area contributed by atoms with E-state index in [4.69, 9.17) is 4.74 Å². The number of amides is 1. The molecule has 20 heavy (non-hydrogen) atoms. The van der Waals surface area contributed by atoms with Crippen molar-refractivity contribution in [1.29, 1.82) is 0 Å². The van der Waals surface area contributed by atoms with Crippen LogP contribution in [-0.2, 0) is 0 Å². The Morgan fingerprint density at radius 1 is 1.45 bits per heavy atom. The number of carbonyl (C=O) groups is 1. The van der Waals surface area contributed by atoms with Gasteiger partial charge in [-0.3, -0.25) is 4.79 Å². The van der Waals surface area contributed by atoms with Crippen LogP contribution in [0.25, 0.3) is 0 Å². The molecule has 0 saturated heterocycles. The van der Waals surface area contributed by atoms with Crippen LogP contribution in [0.2, 0.25) is 0 Å². The van der Waals surface area contributed by atoms with E-state index in [2.05, 4.69) is 5.32 Å². The van der Waals surface area contributed by atoms with E-state index in [1.54, 1.807) is 6.07 Å². The molecule has 2 atom stereocenters. The molecular formula is C15H20FNO3. The fourth-order valence-corrected chi connectivity index (χ4v) is 2.83. The van der Waals surface area contributed by atoms with Crippen molar-refractivity contribution in [2.24, 2.45) is 11.8 Å². The number of aliphatic hydroxyl groups excluding tert-OH is 1. The second kappa shape index (κ2) is 6.70. The standard InChI is InChI=1S/C15H20FNO3/c1-20-13-7-3-6-12(16)14(13)15(19)17-8-10-4-2-5-11(10)9-18/h3,6-7,10-11,18H,2,4-5,8-9H2,1H3,(H,17,19). The van der Waals surface area contributed by atoms with Crippen LogP contribution in [0.15, 0.2) is 18.2 Å². The van der Waals surface area contributed by atoms with Gasteiger partial charge in [-0.15, -0.1) is 0 Å². The summed E-state index contributed by atoms with van der Waals surface area (Å²) in [6.45, 7) is 0.602. The normalized spacial score (nSPS) is 21.8. The van der Waals surface area contributed by atoms with Crippen LogP contribution in [0.5, 0.6) is 5.75 Å². The Labute approximate surface area is 117 Å². The van der Waals surface area contributed by atoms with Crippen LogP contribution in [-0.4, -0.2) is 31.3 Å². The minimum atomic E-state index is -0.591. The highest BCUT2D eigenvalue weighted by Gasteiger charge is 2.27. The summed E-state index contributed by atoms with van der Waals surface area (Å²) in [7, 11) is 1.41. The molecule has 1 saturated carbocycles. The lowest BCUT2D eigenvalue weighted by Crippen LogP contribution is -2.32. The lowest BCUT2D eigenvalue weighted by atomic mass is 9.97. The molecule has 1 aromatic rings. The van der Waals surface area contributed by atoms with Gasteiger partial charge in [-0.1, -0.05) is 12.5 Å². The van der Waals surface area contributed by atoms with Crippen LogP contribution >= 0.6 is 0 Å². The first-order valence-electron chi connectivity index (χ1n) is 6.89. The van der Waals surface area contributed by atoms with Crippen LogP contribution in [0.4, 0.5) is 4.39 Å². The van der Waals surface area contributed by atoms with Crippen LogP contribution in [0.3, 0.4) is 0 Å². The number of carbonyl (C=O) groups excluding carboxylic acids is 1. The van der Waals surface area contributed by atoms with E-state index in [0.29, 0.717) is 6.54 Å². The average Bonchev–Trinajstić information content (AvgIpc) is 2.91. The van der Waals surface area contributed by atoms with Crippen LogP contribution < -0.4 is 10.1 Å². The predicted octanol–water partition coefficient (Wildman–Crippen LogP) is 1.97. The highest BCUT2D eigenvalue weighted by Crippen LogP contribution is 2.31. The minimum Gasteiger partial charge on any atom is -0.496 e. The molecule has 110 valence electrons. The maximum Gasteiger partial charge on any atom is 0.258 e. The highest BCUT2D eigenvalue weighted by atomic mass is 19.1. The van der Waals surface area contributed by atoms with Gasteiger partial charge in [0, 0.05) is 13.2 Å². The molecule has 0 aliphatic heterocycles. The lowest BCUT2D eigenvalue weighted by molar-refractivity contribution is 0.0930. The first kappa shape index (κ1) is 14.8. The topological polar surface area (TPSA) is 58.6 Å². The number of methoxy groups -OCH3 is 1. The summed E-state index contributed by atoms with van der Waals surface area (Å²) in [4.78, 5) is 12.1. The fourth-order valence-electron chi connectivity index (χ4n) is 2.83. The first-order chi connectivity index (χ1) is 9.67. The maximum absolute atomic E-state index is 13.8. The van der Waals surface area contributed by atoms with Crippen molar-refractivity contribution >= 4 is 5.91 Å². The van der Waals surface area contributed by atoms with E-state index in [1.165, 1.54) is 19.2 Å². The van der Waals surface area contributed by atoms with E-state index in [9.17, 15) is 14.3 Å². The SMILES string of the molecule is COc1cccc(F)c1C(=O)NCC1CCCC1CO. The maximum atomic E-state index is 13.8. The Morgan fingerprint density at radius 2 is 2.20 bits per heavy atom. The molecule has 0 aromatic heterocycles. The zero-order valence-electron chi connectivity index (χ0n) is 11.6. The molecule has 4 nitrogen and oxygen atoms in total. The molecule has 2 unspecified atom stereocenters. The van der Waals surface area contributed by atoms with Crippen molar-refractivity contribution in [2.45, 2.75) is 19.3 Å². The van der Waals surface area contributed by atoms with Crippen molar-refractivity contribution in [1.82, 2.24) is 5.32 Å². The number of nitrogens with one attached hydrogen (secondary N) is 1. The Hall–Kier alpha value is -1.62. The number of hydrogen-bond donors (Lipinski definition) is 2. The van der Waals surface area contributed by atoms with E-state index < -0.39 is 11.7 Å². The smallest absolute Gasteiger partial charge is 0.258 e. The van der Waals surface area contributed by atoms with Gasteiger partial charge in [0.05, 0.1) is 7.11 Å². The Balaban J connectivity index is 2.02. The Bertz CT molecular complexity index is 478. The average molecular weight is 281 g/mol. The third-order valence-electron chi connectivity index (χ3n) is 4.00. The Morgan fingerprint density at radius 3 is 2.90 bits per heavy atom. The van der Waals surface area contributed by atoms with Crippen LogP contribution in [0.1, 0.15) is 29.6 Å². The van der Waals surface area contributed by atoms with E-state index >= 15 is 0 Å². The Kier molecular flexibility index (Phi) is 4.95. The molecule has 1 fully saturated rings. The molecule has 1 aliphatic carbocycles. The fraction of sp³-hybridized carbons (Fsp3) is 0.533. The van der Waals surface area contributed by atoms with Crippen molar-refractivity contribution in [2.75, 3.05) is 20.3 Å². The molecule has 0 bridgehead atoms. The highest BCUT2D eigenvalue weighted by molar-refractivity contribution is 5.97. The van der Waals surface area contributed by atoms with Crippen molar-refractivity contribution in [3.63, 3.8) is 0 Å². The summed E-state index contributed by atoms with van der Waals surface area (Å²) < 4.78 is 18.8. The number of aliphatic hydroxyl groups is 1. The third kappa shape index (κ3) is 3.10. The van der Waals surface area contributed by atoms with Crippen molar-refractivity contribution < 1.29 is 19.0 Å². The molecule has 0 radical (unpaired) electrons. The molecule has 2 rings (SSSR count). The first-order valence-corrected chi connectivity index (χ1v) is 6.89. The predicted molar refractivity (Wildman–Crippen MR) is 73.2 cm³/mol. The molecule has 1 aromatic carbocycles. The summed E-state index contributed by atoms with van der Waals surface area (Å²) >= 11 is 0. The second-order valence-electron chi connectivity index (χ2n) is 5.16. The number of ether oxygens (including phenoxy) is 1. The van der Waals surface area contributed by atoms with Gasteiger partial charge in [0.2, 0.25) is 0 Å². The summed E-state index contributed by atoms with van der Waals surface area (Å²) in [5.74, 6) is -0.331. The zero-order valence-corrected chi connectivity index (χ0v) is 11.6. The van der Waals surface area contributed by atoms with Crippen molar-refractivity contribution in [3.8, 4) is 5.75 Å². The molecule has 1 amide bonds. The monoisotopic (exact) mass is 281 g/mol. The number of halogens is 1.